The second-order valence-corrected chi connectivity index (χ2v) is 6.76. The van der Waals surface area contributed by atoms with E-state index in [-0.39, 0.29) is 17.3 Å². The number of urea groups is 1. The Morgan fingerprint density at radius 2 is 1.44 bits per heavy atom. The first-order valence-corrected chi connectivity index (χ1v) is 11.4. The number of halogens is 4. The Balaban J connectivity index is 0.00000154. The van der Waals surface area contributed by atoms with Gasteiger partial charge in [-0.15, -0.1) is 0 Å². The van der Waals surface area contributed by atoms with Crippen LogP contribution >= 0.6 is 11.6 Å². The fourth-order valence-corrected chi connectivity index (χ4v) is 2.81. The molecule has 1 heterocycles. The molecule has 0 atom stereocenters. The van der Waals surface area contributed by atoms with Crippen LogP contribution in [0, 0.1) is 0 Å². The number of alkyl halides is 3. The van der Waals surface area contributed by atoms with Gasteiger partial charge < -0.3 is 20.7 Å². The van der Waals surface area contributed by atoms with Gasteiger partial charge in [0.25, 0.3) is 5.91 Å². The maximum Gasteiger partial charge on any atom is 0.417 e. The third-order valence-electron chi connectivity index (χ3n) is 4.07. The van der Waals surface area contributed by atoms with E-state index in [4.69, 9.17) is 16.3 Å². The van der Waals surface area contributed by atoms with Crippen molar-refractivity contribution in [3.63, 3.8) is 0 Å². The van der Waals surface area contributed by atoms with Gasteiger partial charge in [0.05, 0.1) is 10.6 Å². The molecule has 36 heavy (non-hydrogen) atoms. The molecule has 3 rings (SSSR count). The smallest absolute Gasteiger partial charge is 0.417 e. The van der Waals surface area contributed by atoms with Gasteiger partial charge in [0.15, 0.2) is 0 Å². The van der Waals surface area contributed by atoms with Gasteiger partial charge in [-0.25, -0.2) is 4.79 Å². The van der Waals surface area contributed by atoms with Gasteiger partial charge >= 0.3 is 12.2 Å². The first kappa shape index (κ1) is 30.2. The van der Waals surface area contributed by atoms with E-state index in [0.29, 0.717) is 17.2 Å². The average Bonchev–Trinajstić information content (AvgIpc) is 2.88. The molecule has 0 aliphatic carbocycles. The molecule has 0 radical (unpaired) electrons. The minimum atomic E-state index is -4.64. The Morgan fingerprint density at radius 3 is 2.03 bits per heavy atom. The number of carbonyl (C=O) groups is 2. The summed E-state index contributed by atoms with van der Waals surface area (Å²) < 4.78 is 44.5. The number of rotatable bonds is 5. The van der Waals surface area contributed by atoms with Gasteiger partial charge in [-0.05, 0) is 48.5 Å². The van der Waals surface area contributed by atoms with Crippen molar-refractivity contribution in [1.29, 1.82) is 0 Å². The normalized spacial score (nSPS) is 10.0. The Labute approximate surface area is 213 Å². The quantitative estimate of drug-likeness (QED) is 0.320. The number of nitrogens with zero attached hydrogens (tertiary/aromatic N) is 1. The zero-order valence-corrected chi connectivity index (χ0v) is 21.2. The van der Waals surface area contributed by atoms with Crippen LogP contribution in [-0.2, 0) is 6.18 Å². The van der Waals surface area contributed by atoms with Crippen molar-refractivity contribution in [2.75, 3.05) is 17.7 Å². The molecule has 0 bridgehead atoms. The maximum absolute atomic E-state index is 12.9. The molecule has 11 heteroatoms. The van der Waals surface area contributed by atoms with Crippen molar-refractivity contribution in [2.45, 2.75) is 33.9 Å². The van der Waals surface area contributed by atoms with Crippen molar-refractivity contribution < 1.29 is 27.5 Å². The second-order valence-electron chi connectivity index (χ2n) is 6.35. The predicted molar refractivity (Wildman–Crippen MR) is 136 cm³/mol. The fourth-order valence-electron chi connectivity index (χ4n) is 2.58. The van der Waals surface area contributed by atoms with Crippen LogP contribution < -0.4 is 20.7 Å². The van der Waals surface area contributed by atoms with Gasteiger partial charge in [-0.3, -0.25) is 9.78 Å². The summed E-state index contributed by atoms with van der Waals surface area (Å²) in [5.74, 6) is 0.460. The van der Waals surface area contributed by atoms with Crippen molar-refractivity contribution >= 4 is 34.9 Å². The molecule has 0 aliphatic heterocycles. The van der Waals surface area contributed by atoms with Gasteiger partial charge in [-0.1, -0.05) is 39.3 Å². The highest BCUT2D eigenvalue weighted by atomic mass is 35.5. The number of carbonyl (C=O) groups excluding carboxylic acids is 2. The summed E-state index contributed by atoms with van der Waals surface area (Å²) in [6.07, 6.45) is -3.21. The Morgan fingerprint density at radius 1 is 0.861 bits per heavy atom. The minimum absolute atomic E-state index is 0.0659. The lowest BCUT2D eigenvalue weighted by Crippen LogP contribution is -2.19. The number of benzene rings is 2. The van der Waals surface area contributed by atoms with Crippen LogP contribution in [0.3, 0.4) is 0 Å². The summed E-state index contributed by atoms with van der Waals surface area (Å²) >= 11 is 5.57. The fraction of sp³-hybridized carbons (Fsp3) is 0.240. The zero-order valence-electron chi connectivity index (χ0n) is 20.5. The second kappa shape index (κ2) is 14.6. The largest absolute Gasteiger partial charge is 0.457 e. The maximum atomic E-state index is 12.9. The van der Waals surface area contributed by atoms with Gasteiger partial charge in [0.1, 0.15) is 17.2 Å². The molecule has 0 aliphatic rings. The molecule has 3 aromatic rings. The highest BCUT2D eigenvalue weighted by molar-refractivity contribution is 6.31. The molecule has 194 valence electrons. The van der Waals surface area contributed by atoms with E-state index in [0.717, 1.165) is 12.1 Å². The summed E-state index contributed by atoms with van der Waals surface area (Å²) in [6.45, 7) is 8.00. The first-order valence-electron chi connectivity index (χ1n) is 11.1. The molecular formula is C25H28ClF3N4O3. The van der Waals surface area contributed by atoms with Crippen LogP contribution in [-0.4, -0.2) is 24.0 Å². The number of pyridine rings is 1. The lowest BCUT2D eigenvalue weighted by atomic mass is 10.2. The number of ether oxygens (including phenoxy) is 1. The van der Waals surface area contributed by atoms with Crippen molar-refractivity contribution in [1.82, 2.24) is 10.3 Å². The third kappa shape index (κ3) is 9.10. The van der Waals surface area contributed by atoms with Gasteiger partial charge in [0.2, 0.25) is 0 Å². The highest BCUT2D eigenvalue weighted by Gasteiger charge is 2.33. The van der Waals surface area contributed by atoms with Gasteiger partial charge in [0, 0.05) is 30.7 Å². The van der Waals surface area contributed by atoms with Crippen molar-refractivity contribution in [3.8, 4) is 11.5 Å². The number of hydrogen-bond acceptors (Lipinski definition) is 4. The SMILES string of the molecule is CC.CC.CNC(=O)c1cc(Oc2ccc(NC(=O)Nc3ccc(Cl)c(C(F)(F)F)c3)cc2)ccn1. The van der Waals surface area contributed by atoms with E-state index < -0.39 is 22.8 Å². The van der Waals surface area contributed by atoms with E-state index in [1.807, 2.05) is 27.7 Å². The molecule has 0 spiro atoms. The Hall–Kier alpha value is -3.79. The minimum Gasteiger partial charge on any atom is -0.457 e. The van der Waals surface area contributed by atoms with Crippen LogP contribution in [0.25, 0.3) is 0 Å². The monoisotopic (exact) mass is 524 g/mol. The molecule has 0 saturated carbocycles. The van der Waals surface area contributed by atoms with E-state index >= 15 is 0 Å². The van der Waals surface area contributed by atoms with Gasteiger partial charge in [-0.2, -0.15) is 13.2 Å². The number of nitrogens with one attached hydrogen (secondary N) is 3. The van der Waals surface area contributed by atoms with E-state index in [9.17, 15) is 22.8 Å². The summed E-state index contributed by atoms with van der Waals surface area (Å²) in [5.41, 5.74) is -0.547. The van der Waals surface area contributed by atoms with Crippen LogP contribution in [0.1, 0.15) is 43.7 Å². The molecule has 1 aromatic heterocycles. The van der Waals surface area contributed by atoms with Crippen molar-refractivity contribution in [2.24, 2.45) is 0 Å². The van der Waals surface area contributed by atoms with Crippen LogP contribution in [0.5, 0.6) is 11.5 Å². The van der Waals surface area contributed by atoms with E-state index in [1.54, 1.807) is 30.3 Å². The summed E-state index contributed by atoms with van der Waals surface area (Å²) in [7, 11) is 1.49. The lowest BCUT2D eigenvalue weighted by Gasteiger charge is -2.12. The topological polar surface area (TPSA) is 92.4 Å². The molecule has 2 aromatic carbocycles. The number of anilines is 2. The lowest BCUT2D eigenvalue weighted by molar-refractivity contribution is -0.137. The Bertz CT molecular complexity index is 1140. The third-order valence-corrected chi connectivity index (χ3v) is 4.40. The molecule has 0 saturated heterocycles. The predicted octanol–water partition coefficient (Wildman–Crippen LogP) is 7.60. The number of hydrogen-bond donors (Lipinski definition) is 3. The van der Waals surface area contributed by atoms with Crippen LogP contribution in [0.4, 0.5) is 29.3 Å². The molecule has 3 amide bonds. The van der Waals surface area contributed by atoms with E-state index in [1.165, 1.54) is 25.4 Å². The zero-order chi connectivity index (χ0) is 27.3. The standard InChI is InChI=1S/C21H16ClF3N4O3.2C2H6/c1-26-19(30)18-11-15(8-9-27-18)32-14-5-2-12(3-6-14)28-20(31)29-13-4-7-17(22)16(10-13)21(23,24)25;2*1-2/h2-11H,1H3,(H,26,30)(H2,28,29,31);2*1-2H3. The molecule has 3 N–H and O–H groups in total. The first-order chi connectivity index (χ1) is 17.2. The van der Waals surface area contributed by atoms with Crippen LogP contribution in [0.15, 0.2) is 60.8 Å². The summed E-state index contributed by atoms with van der Waals surface area (Å²) in [5, 5.41) is 6.83. The van der Waals surface area contributed by atoms with Crippen molar-refractivity contribution in [3.05, 3.63) is 77.1 Å². The summed E-state index contributed by atoms with van der Waals surface area (Å²) in [6, 6.07) is 11.6. The highest BCUT2D eigenvalue weighted by Crippen LogP contribution is 2.36. The number of amides is 3. The van der Waals surface area contributed by atoms with E-state index in [2.05, 4.69) is 20.9 Å². The number of aromatic nitrogens is 1. The Kier molecular flexibility index (Phi) is 12.2. The van der Waals surface area contributed by atoms with Crippen LogP contribution in [0.2, 0.25) is 5.02 Å². The summed E-state index contributed by atoms with van der Waals surface area (Å²) in [4.78, 5) is 27.7. The average molecular weight is 525 g/mol. The molecule has 7 nitrogen and oxygen atoms in total. The molecular weight excluding hydrogens is 497 g/mol. The molecule has 0 unspecified atom stereocenters. The molecule has 0 fully saturated rings.